The van der Waals surface area contributed by atoms with Gasteiger partial charge in [0.15, 0.2) is 0 Å². The molecule has 1 amide bonds. The van der Waals surface area contributed by atoms with Crippen LogP contribution in [0.5, 0.6) is 0 Å². The van der Waals surface area contributed by atoms with E-state index < -0.39 is 0 Å². The Balaban J connectivity index is 1.91. The zero-order valence-electron chi connectivity index (χ0n) is 10.4. The van der Waals surface area contributed by atoms with E-state index in [9.17, 15) is 4.79 Å². The first-order chi connectivity index (χ1) is 9.65. The van der Waals surface area contributed by atoms with Gasteiger partial charge in [-0.15, -0.1) is 0 Å². The van der Waals surface area contributed by atoms with Gasteiger partial charge in [-0.3, -0.25) is 4.79 Å². The van der Waals surface area contributed by atoms with Gasteiger partial charge < -0.3 is 15.5 Å². The number of carbonyl (C=O) groups is 1. The van der Waals surface area contributed by atoms with E-state index in [2.05, 4.69) is 5.32 Å². The zero-order chi connectivity index (χ0) is 14.1. The lowest BCUT2D eigenvalue weighted by atomic mass is 10.1. The molecule has 5 heteroatoms. The van der Waals surface area contributed by atoms with Crippen LogP contribution in [0.4, 0.5) is 11.4 Å². The van der Waals surface area contributed by atoms with Gasteiger partial charge in [0.2, 0.25) is 0 Å². The number of rotatable bonds is 2. The van der Waals surface area contributed by atoms with Crippen molar-refractivity contribution in [3.8, 4) is 0 Å². The first kappa shape index (κ1) is 12.6. The molecule has 0 fully saturated rings. The van der Waals surface area contributed by atoms with Gasteiger partial charge in [0.1, 0.15) is 11.8 Å². The second kappa shape index (κ2) is 4.90. The Morgan fingerprint density at radius 2 is 2.00 bits per heavy atom. The lowest BCUT2D eigenvalue weighted by Crippen LogP contribution is -2.11. The van der Waals surface area contributed by atoms with Crippen LogP contribution in [0.15, 0.2) is 53.1 Å². The summed E-state index contributed by atoms with van der Waals surface area (Å²) in [7, 11) is 0. The van der Waals surface area contributed by atoms with Crippen molar-refractivity contribution in [1.29, 1.82) is 0 Å². The van der Waals surface area contributed by atoms with Crippen molar-refractivity contribution in [3.63, 3.8) is 0 Å². The summed E-state index contributed by atoms with van der Waals surface area (Å²) < 4.78 is 5.34. The van der Waals surface area contributed by atoms with E-state index in [-0.39, 0.29) is 5.91 Å². The number of carbonyl (C=O) groups excluding carboxylic acids is 1. The number of para-hydroxylation sites is 1. The molecule has 0 radical (unpaired) electrons. The van der Waals surface area contributed by atoms with E-state index in [0.717, 1.165) is 5.39 Å². The van der Waals surface area contributed by atoms with Crippen LogP contribution in [-0.4, -0.2) is 5.91 Å². The Morgan fingerprint density at radius 1 is 1.20 bits per heavy atom. The second-order valence-corrected chi connectivity index (χ2v) is 4.74. The van der Waals surface area contributed by atoms with Crippen LogP contribution in [0.3, 0.4) is 0 Å². The lowest BCUT2D eigenvalue weighted by Gasteiger charge is -2.05. The molecule has 2 aromatic carbocycles. The summed E-state index contributed by atoms with van der Waals surface area (Å²) in [5, 5.41) is 3.94. The van der Waals surface area contributed by atoms with Crippen LogP contribution >= 0.6 is 11.6 Å². The molecule has 3 aromatic rings. The molecule has 0 unspecified atom stereocenters. The second-order valence-electron chi connectivity index (χ2n) is 4.34. The molecule has 1 heterocycles. The fraction of sp³-hybridized carbons (Fsp3) is 0. The summed E-state index contributed by atoms with van der Waals surface area (Å²) in [5.74, 6) is -0.254. The summed E-state index contributed by atoms with van der Waals surface area (Å²) in [5.41, 5.74) is 7.84. The first-order valence-electron chi connectivity index (χ1n) is 5.98. The molecule has 0 atom stereocenters. The number of nitrogen functional groups attached to an aromatic ring is 1. The monoisotopic (exact) mass is 286 g/mol. The van der Waals surface area contributed by atoms with E-state index >= 15 is 0 Å². The topological polar surface area (TPSA) is 68.3 Å². The van der Waals surface area contributed by atoms with Crippen LogP contribution in [0.1, 0.15) is 10.4 Å². The van der Waals surface area contributed by atoms with Gasteiger partial charge in [0.05, 0.1) is 16.3 Å². The van der Waals surface area contributed by atoms with E-state index in [0.29, 0.717) is 27.5 Å². The Hall–Kier alpha value is -2.46. The standard InChI is InChI=1S/C15H11ClN2O2/c16-12-7-9(5-6-13(12)17)18-15(19)11-8-20-14-4-2-1-3-10(11)14/h1-8H,17H2,(H,18,19). The van der Waals surface area contributed by atoms with Crippen LogP contribution in [0.25, 0.3) is 11.0 Å². The fourth-order valence-electron chi connectivity index (χ4n) is 1.96. The van der Waals surface area contributed by atoms with Crippen LogP contribution in [-0.2, 0) is 0 Å². The largest absolute Gasteiger partial charge is 0.463 e. The molecule has 20 heavy (non-hydrogen) atoms. The average molecular weight is 287 g/mol. The van der Waals surface area contributed by atoms with Crippen molar-refractivity contribution in [2.75, 3.05) is 11.1 Å². The van der Waals surface area contributed by atoms with Gasteiger partial charge in [-0.2, -0.15) is 0 Å². The minimum absolute atomic E-state index is 0.254. The van der Waals surface area contributed by atoms with Crippen molar-refractivity contribution in [2.45, 2.75) is 0 Å². The summed E-state index contributed by atoms with van der Waals surface area (Å²) >= 11 is 5.92. The number of fused-ring (bicyclic) bond motifs is 1. The van der Waals surface area contributed by atoms with Gasteiger partial charge in [-0.25, -0.2) is 0 Å². The molecule has 0 saturated carbocycles. The molecule has 0 aliphatic carbocycles. The molecule has 3 rings (SSSR count). The lowest BCUT2D eigenvalue weighted by molar-refractivity contribution is 0.102. The predicted octanol–water partition coefficient (Wildman–Crippen LogP) is 3.92. The molecule has 1 aromatic heterocycles. The SMILES string of the molecule is Nc1ccc(NC(=O)c2coc3ccccc23)cc1Cl. The third-order valence-electron chi connectivity index (χ3n) is 2.98. The zero-order valence-corrected chi connectivity index (χ0v) is 11.1. The van der Waals surface area contributed by atoms with Crippen molar-refractivity contribution in [3.05, 3.63) is 59.3 Å². The highest BCUT2D eigenvalue weighted by Crippen LogP contribution is 2.25. The number of halogens is 1. The Labute approximate surface area is 120 Å². The highest BCUT2D eigenvalue weighted by Gasteiger charge is 2.13. The van der Waals surface area contributed by atoms with Crippen molar-refractivity contribution in [1.82, 2.24) is 0 Å². The maximum absolute atomic E-state index is 12.2. The number of hydrogen-bond donors (Lipinski definition) is 2. The number of nitrogens with two attached hydrogens (primary N) is 1. The Kier molecular flexibility index (Phi) is 3.08. The van der Waals surface area contributed by atoms with Gasteiger partial charge in [-0.05, 0) is 24.3 Å². The van der Waals surface area contributed by atoms with Gasteiger partial charge in [-0.1, -0.05) is 29.8 Å². The average Bonchev–Trinajstić information content (AvgIpc) is 2.87. The maximum atomic E-state index is 12.2. The molecule has 0 spiro atoms. The number of furan rings is 1. The predicted molar refractivity (Wildman–Crippen MR) is 80.0 cm³/mol. The summed E-state index contributed by atoms with van der Waals surface area (Å²) in [6, 6.07) is 12.3. The molecule has 4 nitrogen and oxygen atoms in total. The summed E-state index contributed by atoms with van der Waals surface area (Å²) in [6.45, 7) is 0. The normalized spacial score (nSPS) is 10.7. The van der Waals surface area contributed by atoms with Gasteiger partial charge in [0, 0.05) is 11.1 Å². The minimum atomic E-state index is -0.254. The molecule has 0 aliphatic heterocycles. The third kappa shape index (κ3) is 2.21. The smallest absolute Gasteiger partial charge is 0.259 e. The van der Waals surface area contributed by atoms with E-state index in [4.69, 9.17) is 21.8 Å². The van der Waals surface area contributed by atoms with Crippen LogP contribution < -0.4 is 11.1 Å². The van der Waals surface area contributed by atoms with Gasteiger partial charge >= 0.3 is 0 Å². The fourth-order valence-corrected chi connectivity index (χ4v) is 2.14. The molecule has 0 aliphatic rings. The molecule has 0 saturated heterocycles. The molecule has 0 bridgehead atoms. The minimum Gasteiger partial charge on any atom is -0.463 e. The Bertz CT molecular complexity index is 795. The van der Waals surface area contributed by atoms with E-state index in [1.165, 1.54) is 6.26 Å². The van der Waals surface area contributed by atoms with Crippen molar-refractivity contribution >= 4 is 39.9 Å². The summed E-state index contributed by atoms with van der Waals surface area (Å²) in [6.07, 6.45) is 1.44. The molecular formula is C15H11ClN2O2. The van der Waals surface area contributed by atoms with Crippen molar-refractivity contribution < 1.29 is 9.21 Å². The first-order valence-corrected chi connectivity index (χ1v) is 6.35. The van der Waals surface area contributed by atoms with Crippen LogP contribution in [0, 0.1) is 0 Å². The molecule has 3 N–H and O–H groups in total. The number of benzene rings is 2. The van der Waals surface area contributed by atoms with Crippen LogP contribution in [0.2, 0.25) is 5.02 Å². The summed E-state index contributed by atoms with van der Waals surface area (Å²) in [4.78, 5) is 12.2. The molecular weight excluding hydrogens is 276 g/mol. The molecule has 100 valence electrons. The number of anilines is 2. The number of amides is 1. The number of hydrogen-bond acceptors (Lipinski definition) is 3. The third-order valence-corrected chi connectivity index (χ3v) is 3.31. The van der Waals surface area contributed by atoms with Gasteiger partial charge in [0.25, 0.3) is 5.91 Å². The highest BCUT2D eigenvalue weighted by atomic mass is 35.5. The van der Waals surface area contributed by atoms with E-state index in [1.54, 1.807) is 18.2 Å². The van der Waals surface area contributed by atoms with Crippen molar-refractivity contribution in [2.24, 2.45) is 0 Å². The maximum Gasteiger partial charge on any atom is 0.259 e. The Morgan fingerprint density at radius 3 is 2.80 bits per heavy atom. The number of nitrogens with one attached hydrogen (secondary N) is 1. The van der Waals surface area contributed by atoms with E-state index in [1.807, 2.05) is 24.3 Å². The quantitative estimate of drug-likeness (QED) is 0.702. The highest BCUT2D eigenvalue weighted by molar-refractivity contribution is 6.33.